The van der Waals surface area contributed by atoms with E-state index in [2.05, 4.69) is 29.2 Å². The molecule has 0 bridgehead atoms. The van der Waals surface area contributed by atoms with E-state index in [1.807, 2.05) is 13.0 Å². The summed E-state index contributed by atoms with van der Waals surface area (Å²) < 4.78 is 0. The van der Waals surface area contributed by atoms with Crippen LogP contribution in [-0.2, 0) is 0 Å². The minimum absolute atomic E-state index is 0.0658. The average molecular weight is 215 g/mol. The molecule has 1 aliphatic rings. The molecule has 2 rings (SSSR count). The van der Waals surface area contributed by atoms with Crippen molar-refractivity contribution < 1.29 is 0 Å². The van der Waals surface area contributed by atoms with Crippen molar-refractivity contribution in [1.82, 2.24) is 0 Å². The molecule has 0 aliphatic carbocycles. The maximum absolute atomic E-state index is 9.02. The summed E-state index contributed by atoms with van der Waals surface area (Å²) in [6, 6.07) is 10.6. The number of nitriles is 1. The van der Waals surface area contributed by atoms with Gasteiger partial charge in [-0.15, -0.1) is 0 Å². The summed E-state index contributed by atoms with van der Waals surface area (Å²) in [5.41, 5.74) is 8.18. The van der Waals surface area contributed by atoms with Crippen LogP contribution in [0.4, 0.5) is 5.69 Å². The fourth-order valence-electron chi connectivity index (χ4n) is 2.41. The van der Waals surface area contributed by atoms with E-state index in [1.54, 1.807) is 0 Å². The highest BCUT2D eigenvalue weighted by atomic mass is 15.2. The molecule has 1 aromatic carbocycles. The van der Waals surface area contributed by atoms with Gasteiger partial charge >= 0.3 is 0 Å². The number of anilines is 1. The zero-order chi connectivity index (χ0) is 11.5. The Morgan fingerprint density at radius 2 is 2.31 bits per heavy atom. The second-order valence-electron chi connectivity index (χ2n) is 4.29. The number of fused-ring (bicyclic) bond motifs is 1. The van der Waals surface area contributed by atoms with Crippen molar-refractivity contribution in [3.63, 3.8) is 0 Å². The number of nitrogens with two attached hydrogens (primary N) is 1. The molecule has 0 spiro atoms. The predicted molar refractivity (Wildman–Crippen MR) is 65.3 cm³/mol. The smallest absolute Gasteiger partial charge is 0.114 e. The van der Waals surface area contributed by atoms with Crippen molar-refractivity contribution in [1.29, 1.82) is 5.26 Å². The van der Waals surface area contributed by atoms with E-state index in [1.165, 1.54) is 11.3 Å². The maximum atomic E-state index is 9.02. The van der Waals surface area contributed by atoms with Gasteiger partial charge in [0.05, 0.1) is 6.07 Å². The molecule has 2 atom stereocenters. The Kier molecular flexibility index (Phi) is 3.12. The molecule has 0 radical (unpaired) electrons. The number of benzene rings is 1. The molecule has 0 fully saturated rings. The lowest BCUT2D eigenvalue weighted by molar-refractivity contribution is 0.632. The lowest BCUT2D eigenvalue weighted by atomic mass is 9.98. The van der Waals surface area contributed by atoms with E-state index in [0.29, 0.717) is 12.5 Å². The van der Waals surface area contributed by atoms with Gasteiger partial charge in [0.2, 0.25) is 0 Å². The topological polar surface area (TPSA) is 53.0 Å². The van der Waals surface area contributed by atoms with E-state index in [4.69, 9.17) is 11.0 Å². The Balaban J connectivity index is 2.32. The quantitative estimate of drug-likeness (QED) is 0.837. The van der Waals surface area contributed by atoms with Gasteiger partial charge in [0.1, 0.15) is 6.04 Å². The van der Waals surface area contributed by atoms with Gasteiger partial charge in [0.25, 0.3) is 0 Å². The highest BCUT2D eigenvalue weighted by Crippen LogP contribution is 2.38. The standard InChI is InChI=1S/C13H17N3/c1-10(8-15)16-9-11(6-7-14)12-4-2-3-5-13(12)16/h2-5,10-11H,6-7,9,14H2,1H3. The van der Waals surface area contributed by atoms with Crippen LogP contribution in [-0.4, -0.2) is 19.1 Å². The first kappa shape index (κ1) is 11.0. The Morgan fingerprint density at radius 1 is 1.56 bits per heavy atom. The van der Waals surface area contributed by atoms with Crippen LogP contribution < -0.4 is 10.6 Å². The second-order valence-corrected chi connectivity index (χ2v) is 4.29. The zero-order valence-corrected chi connectivity index (χ0v) is 9.56. The van der Waals surface area contributed by atoms with Crippen LogP contribution in [0.1, 0.15) is 24.8 Å². The van der Waals surface area contributed by atoms with Crippen LogP contribution in [0.15, 0.2) is 24.3 Å². The van der Waals surface area contributed by atoms with Crippen molar-refractivity contribution in [3.05, 3.63) is 29.8 Å². The van der Waals surface area contributed by atoms with Gasteiger partial charge in [-0.05, 0) is 31.5 Å². The predicted octanol–water partition coefficient (Wildman–Crippen LogP) is 1.85. The Morgan fingerprint density at radius 3 is 3.00 bits per heavy atom. The van der Waals surface area contributed by atoms with Gasteiger partial charge in [-0.1, -0.05) is 18.2 Å². The highest BCUT2D eigenvalue weighted by molar-refractivity contribution is 5.61. The fourth-order valence-corrected chi connectivity index (χ4v) is 2.41. The van der Waals surface area contributed by atoms with E-state index >= 15 is 0 Å². The molecule has 0 saturated carbocycles. The van der Waals surface area contributed by atoms with Crippen LogP contribution in [0, 0.1) is 11.3 Å². The SMILES string of the molecule is CC(C#N)N1CC(CCN)c2ccccc21. The number of hydrogen-bond donors (Lipinski definition) is 1. The number of rotatable bonds is 3. The van der Waals surface area contributed by atoms with Gasteiger partial charge in [-0.2, -0.15) is 5.26 Å². The van der Waals surface area contributed by atoms with Crippen molar-refractivity contribution in [2.24, 2.45) is 5.73 Å². The molecule has 84 valence electrons. The molecule has 0 saturated heterocycles. The summed E-state index contributed by atoms with van der Waals surface area (Å²) in [6.45, 7) is 3.57. The Labute approximate surface area is 96.5 Å². The summed E-state index contributed by atoms with van der Waals surface area (Å²) in [5.74, 6) is 0.483. The molecule has 2 unspecified atom stereocenters. The summed E-state index contributed by atoms with van der Waals surface area (Å²) >= 11 is 0. The van der Waals surface area contributed by atoms with Crippen LogP contribution >= 0.6 is 0 Å². The molecule has 3 heteroatoms. The minimum Gasteiger partial charge on any atom is -0.355 e. The monoisotopic (exact) mass is 215 g/mol. The van der Waals surface area contributed by atoms with Crippen LogP contribution in [0.25, 0.3) is 0 Å². The van der Waals surface area contributed by atoms with Gasteiger partial charge < -0.3 is 10.6 Å². The number of nitrogens with zero attached hydrogens (tertiary/aromatic N) is 2. The number of hydrogen-bond acceptors (Lipinski definition) is 3. The van der Waals surface area contributed by atoms with Crippen LogP contribution in [0.3, 0.4) is 0 Å². The number of para-hydroxylation sites is 1. The zero-order valence-electron chi connectivity index (χ0n) is 9.56. The van der Waals surface area contributed by atoms with Gasteiger partial charge in [0.15, 0.2) is 0 Å². The van der Waals surface area contributed by atoms with E-state index in [-0.39, 0.29) is 6.04 Å². The first-order valence-corrected chi connectivity index (χ1v) is 5.73. The molecule has 1 aliphatic heterocycles. The molecule has 3 nitrogen and oxygen atoms in total. The molecule has 1 aromatic rings. The molecule has 0 aromatic heterocycles. The second kappa shape index (κ2) is 4.54. The highest BCUT2D eigenvalue weighted by Gasteiger charge is 2.30. The Bertz CT molecular complexity index is 408. The van der Waals surface area contributed by atoms with Crippen molar-refractivity contribution in [2.45, 2.75) is 25.3 Å². The summed E-state index contributed by atoms with van der Waals surface area (Å²) in [5, 5.41) is 9.02. The van der Waals surface area contributed by atoms with Crippen molar-refractivity contribution >= 4 is 5.69 Å². The van der Waals surface area contributed by atoms with E-state index in [0.717, 1.165) is 13.0 Å². The van der Waals surface area contributed by atoms with E-state index < -0.39 is 0 Å². The third kappa shape index (κ3) is 1.77. The van der Waals surface area contributed by atoms with Crippen molar-refractivity contribution in [2.75, 3.05) is 18.0 Å². The molecule has 16 heavy (non-hydrogen) atoms. The first-order valence-electron chi connectivity index (χ1n) is 5.73. The Hall–Kier alpha value is -1.53. The van der Waals surface area contributed by atoms with Gasteiger partial charge in [0, 0.05) is 18.2 Å². The third-order valence-electron chi connectivity index (χ3n) is 3.27. The summed E-state index contributed by atoms with van der Waals surface area (Å²) in [4.78, 5) is 2.18. The molecular weight excluding hydrogens is 198 g/mol. The molecular formula is C13H17N3. The molecule has 1 heterocycles. The fraction of sp³-hybridized carbons (Fsp3) is 0.462. The van der Waals surface area contributed by atoms with Crippen LogP contribution in [0.2, 0.25) is 0 Å². The largest absolute Gasteiger partial charge is 0.355 e. The third-order valence-corrected chi connectivity index (χ3v) is 3.27. The normalized spacial score (nSPS) is 20.3. The van der Waals surface area contributed by atoms with Gasteiger partial charge in [-0.25, -0.2) is 0 Å². The lowest BCUT2D eigenvalue weighted by Gasteiger charge is -2.22. The average Bonchev–Trinajstić information content (AvgIpc) is 2.68. The van der Waals surface area contributed by atoms with Gasteiger partial charge in [-0.3, -0.25) is 0 Å². The molecule has 2 N–H and O–H groups in total. The van der Waals surface area contributed by atoms with Crippen LogP contribution in [0.5, 0.6) is 0 Å². The summed E-state index contributed by atoms with van der Waals surface area (Å²) in [6.07, 6.45) is 0.992. The minimum atomic E-state index is -0.0658. The first-order chi connectivity index (χ1) is 7.77. The van der Waals surface area contributed by atoms with E-state index in [9.17, 15) is 0 Å². The summed E-state index contributed by atoms with van der Waals surface area (Å²) in [7, 11) is 0. The maximum Gasteiger partial charge on any atom is 0.114 e. The van der Waals surface area contributed by atoms with Crippen molar-refractivity contribution in [3.8, 4) is 6.07 Å². The lowest BCUT2D eigenvalue weighted by Crippen LogP contribution is -2.31. The molecule has 0 amide bonds.